The van der Waals surface area contributed by atoms with Crippen LogP contribution in [0.3, 0.4) is 0 Å². The van der Waals surface area contributed by atoms with Crippen molar-refractivity contribution >= 4 is 15.9 Å². The van der Waals surface area contributed by atoms with E-state index in [9.17, 15) is 0 Å². The molecule has 0 saturated heterocycles. The highest BCUT2D eigenvalue weighted by Gasteiger charge is 1.91. The lowest BCUT2D eigenvalue weighted by Gasteiger charge is -2.02. The smallest absolute Gasteiger partial charge is 0.0500 e. The molecule has 14 heavy (non-hydrogen) atoms. The predicted octanol–water partition coefficient (Wildman–Crippen LogP) is 4.31. The Labute approximate surface area is 97.0 Å². The minimum absolute atomic E-state index is 0.840. The van der Waals surface area contributed by atoms with E-state index in [0.717, 1.165) is 25.0 Å². The molecule has 0 aromatic rings. The number of hydrogen-bond donors (Lipinski definition) is 0. The van der Waals surface area contributed by atoms with Gasteiger partial charge in [0.15, 0.2) is 0 Å². The lowest BCUT2D eigenvalue weighted by molar-refractivity contribution is 0.134. The summed E-state index contributed by atoms with van der Waals surface area (Å²) >= 11 is 3.44. The van der Waals surface area contributed by atoms with Crippen molar-refractivity contribution in [2.45, 2.75) is 44.9 Å². The van der Waals surface area contributed by atoms with Gasteiger partial charge in [-0.2, -0.15) is 0 Å². The van der Waals surface area contributed by atoms with E-state index in [4.69, 9.17) is 4.74 Å². The molecule has 0 rings (SSSR count). The van der Waals surface area contributed by atoms with Crippen LogP contribution in [0.25, 0.3) is 0 Å². The highest BCUT2D eigenvalue weighted by atomic mass is 79.9. The van der Waals surface area contributed by atoms with Crippen LogP contribution in [-0.4, -0.2) is 18.5 Å². The molecular weight excluding hydrogens is 240 g/mol. The third-order valence-electron chi connectivity index (χ3n) is 2.14. The van der Waals surface area contributed by atoms with Gasteiger partial charge in [0.1, 0.15) is 0 Å². The number of rotatable bonds is 11. The second kappa shape index (κ2) is 13.2. The molecule has 0 saturated carbocycles. The summed E-state index contributed by atoms with van der Waals surface area (Å²) in [6.45, 7) is 5.42. The number of alkyl halides is 1. The van der Waals surface area contributed by atoms with E-state index < -0.39 is 0 Å². The second-order valence-electron chi connectivity index (χ2n) is 3.50. The minimum Gasteiger partial charge on any atom is -0.381 e. The largest absolute Gasteiger partial charge is 0.381 e. The Hall–Kier alpha value is 0.180. The van der Waals surface area contributed by atoms with Crippen LogP contribution in [-0.2, 0) is 4.74 Å². The Morgan fingerprint density at radius 1 is 0.929 bits per heavy atom. The quantitative estimate of drug-likeness (QED) is 0.306. The lowest BCUT2D eigenvalue weighted by Crippen LogP contribution is -1.95. The Kier molecular flexibility index (Phi) is 13.3. The van der Waals surface area contributed by atoms with Crippen LogP contribution in [0, 0.1) is 0 Å². The highest BCUT2D eigenvalue weighted by Crippen LogP contribution is 2.06. The minimum atomic E-state index is 0.840. The molecule has 0 bridgehead atoms. The first-order valence-corrected chi connectivity index (χ1v) is 6.78. The molecule has 2 heteroatoms. The molecule has 84 valence electrons. The summed E-state index contributed by atoms with van der Waals surface area (Å²) in [5.74, 6) is 0. The molecule has 0 aromatic heterocycles. The van der Waals surface area contributed by atoms with Crippen molar-refractivity contribution in [2.24, 2.45) is 0 Å². The van der Waals surface area contributed by atoms with Crippen LogP contribution < -0.4 is 0 Å². The van der Waals surface area contributed by atoms with Gasteiger partial charge in [0.05, 0.1) is 0 Å². The van der Waals surface area contributed by atoms with Gasteiger partial charge in [-0.1, -0.05) is 47.7 Å². The Morgan fingerprint density at radius 3 is 2.21 bits per heavy atom. The first-order chi connectivity index (χ1) is 6.91. The summed E-state index contributed by atoms with van der Waals surface area (Å²) in [6.07, 6.45) is 10.8. The number of halogens is 1. The summed E-state index contributed by atoms with van der Waals surface area (Å²) in [5.41, 5.74) is 0. The van der Waals surface area contributed by atoms with E-state index in [1.54, 1.807) is 0 Å². The summed E-state index contributed by atoms with van der Waals surface area (Å²) < 4.78 is 5.42. The van der Waals surface area contributed by atoms with Crippen molar-refractivity contribution in [3.63, 3.8) is 0 Å². The fraction of sp³-hybridized carbons (Fsp3) is 0.833. The topological polar surface area (TPSA) is 9.23 Å². The summed E-state index contributed by atoms with van der Waals surface area (Å²) in [5, 5.41) is 1.15. The van der Waals surface area contributed by atoms with Crippen molar-refractivity contribution in [3.8, 4) is 0 Å². The van der Waals surface area contributed by atoms with E-state index in [1.165, 1.54) is 38.5 Å². The van der Waals surface area contributed by atoms with Gasteiger partial charge >= 0.3 is 0 Å². The van der Waals surface area contributed by atoms with Crippen molar-refractivity contribution < 1.29 is 4.74 Å². The van der Waals surface area contributed by atoms with Crippen LogP contribution in [0.15, 0.2) is 12.7 Å². The fourth-order valence-corrected chi connectivity index (χ4v) is 1.67. The Balaban J connectivity index is 2.81. The summed E-state index contributed by atoms with van der Waals surface area (Å²) in [4.78, 5) is 0. The second-order valence-corrected chi connectivity index (χ2v) is 4.29. The standard InChI is InChI=1S/C12H23BrO/c1-2-3-11-14-12-9-7-5-4-6-8-10-13/h2H,1,3-12H2. The molecule has 0 unspecified atom stereocenters. The molecule has 1 nitrogen and oxygen atoms in total. The van der Waals surface area contributed by atoms with Gasteiger partial charge in [-0.25, -0.2) is 0 Å². The van der Waals surface area contributed by atoms with Gasteiger partial charge < -0.3 is 4.74 Å². The summed E-state index contributed by atoms with van der Waals surface area (Å²) in [7, 11) is 0. The summed E-state index contributed by atoms with van der Waals surface area (Å²) in [6, 6.07) is 0. The average molecular weight is 263 g/mol. The number of ether oxygens (including phenoxy) is 1. The van der Waals surface area contributed by atoms with E-state index in [1.807, 2.05) is 6.08 Å². The fourth-order valence-electron chi connectivity index (χ4n) is 1.27. The van der Waals surface area contributed by atoms with E-state index >= 15 is 0 Å². The van der Waals surface area contributed by atoms with Gasteiger partial charge in [0.2, 0.25) is 0 Å². The maximum absolute atomic E-state index is 5.42. The molecule has 0 radical (unpaired) electrons. The van der Waals surface area contributed by atoms with E-state index in [2.05, 4.69) is 22.5 Å². The molecule has 0 aliphatic heterocycles. The van der Waals surface area contributed by atoms with Gasteiger partial charge in [-0.3, -0.25) is 0 Å². The molecule has 0 aromatic carbocycles. The van der Waals surface area contributed by atoms with Crippen LogP contribution in [0.2, 0.25) is 0 Å². The maximum atomic E-state index is 5.42. The third kappa shape index (κ3) is 12.2. The first kappa shape index (κ1) is 14.2. The predicted molar refractivity (Wildman–Crippen MR) is 67.1 cm³/mol. The first-order valence-electron chi connectivity index (χ1n) is 5.66. The average Bonchev–Trinajstić information content (AvgIpc) is 2.21. The van der Waals surface area contributed by atoms with Crippen LogP contribution in [0.5, 0.6) is 0 Å². The van der Waals surface area contributed by atoms with Crippen LogP contribution in [0.4, 0.5) is 0 Å². The van der Waals surface area contributed by atoms with E-state index in [-0.39, 0.29) is 0 Å². The maximum Gasteiger partial charge on any atom is 0.0500 e. The van der Waals surface area contributed by atoms with Crippen molar-refractivity contribution in [1.82, 2.24) is 0 Å². The third-order valence-corrected chi connectivity index (χ3v) is 2.70. The van der Waals surface area contributed by atoms with Gasteiger partial charge in [0, 0.05) is 18.5 Å². The van der Waals surface area contributed by atoms with Crippen molar-refractivity contribution in [2.75, 3.05) is 18.5 Å². The lowest BCUT2D eigenvalue weighted by atomic mass is 10.1. The number of unbranched alkanes of at least 4 members (excludes halogenated alkanes) is 5. The molecule has 0 spiro atoms. The van der Waals surface area contributed by atoms with Crippen molar-refractivity contribution in [3.05, 3.63) is 12.7 Å². The number of hydrogen-bond acceptors (Lipinski definition) is 1. The molecule has 0 heterocycles. The van der Waals surface area contributed by atoms with Gasteiger partial charge in [-0.15, -0.1) is 6.58 Å². The SMILES string of the molecule is C=CCCOCCCCCCCCBr. The zero-order valence-corrected chi connectivity index (χ0v) is 10.7. The zero-order chi connectivity index (χ0) is 10.5. The van der Waals surface area contributed by atoms with Gasteiger partial charge in [-0.05, 0) is 19.3 Å². The molecule has 0 fully saturated rings. The zero-order valence-electron chi connectivity index (χ0n) is 9.14. The molecule has 0 aliphatic rings. The molecule has 0 atom stereocenters. The van der Waals surface area contributed by atoms with Crippen LogP contribution in [0.1, 0.15) is 44.9 Å². The molecule has 0 N–H and O–H groups in total. The normalized spacial score (nSPS) is 10.4. The van der Waals surface area contributed by atoms with Crippen LogP contribution >= 0.6 is 15.9 Å². The highest BCUT2D eigenvalue weighted by molar-refractivity contribution is 9.09. The van der Waals surface area contributed by atoms with Crippen molar-refractivity contribution in [1.29, 1.82) is 0 Å². The Bertz CT molecular complexity index is 115. The van der Waals surface area contributed by atoms with Gasteiger partial charge in [0.25, 0.3) is 0 Å². The molecular formula is C12H23BrO. The molecule has 0 aliphatic carbocycles. The Morgan fingerprint density at radius 2 is 1.57 bits per heavy atom. The van der Waals surface area contributed by atoms with E-state index in [0.29, 0.717) is 0 Å². The molecule has 0 amide bonds. The monoisotopic (exact) mass is 262 g/mol.